The molecule has 0 aromatic heterocycles. The van der Waals surface area contributed by atoms with E-state index in [2.05, 4.69) is 9.47 Å². The van der Waals surface area contributed by atoms with Gasteiger partial charge in [-0.25, -0.2) is 0 Å². The van der Waals surface area contributed by atoms with E-state index < -0.39 is 6.29 Å². The Bertz CT molecular complexity index is 128. The Morgan fingerprint density at radius 1 is 1.88 bits per heavy atom. The lowest BCUT2D eigenvalue weighted by molar-refractivity contribution is -0.141. The molecule has 0 fully saturated rings. The van der Waals surface area contributed by atoms with Gasteiger partial charge in [-0.3, -0.25) is 4.79 Å². The lowest BCUT2D eigenvalue weighted by Crippen LogP contribution is -2.17. The Morgan fingerprint density at radius 2 is 2.62 bits per heavy atom. The monoisotopic (exact) mass is 114 g/mol. The van der Waals surface area contributed by atoms with Gasteiger partial charge in [0, 0.05) is 13.2 Å². The van der Waals surface area contributed by atoms with Gasteiger partial charge in [-0.05, 0) is 0 Å². The Labute approximate surface area is 46.9 Å². The number of ether oxygens (including phenoxy) is 2. The third-order valence-corrected chi connectivity index (χ3v) is 0.881. The van der Waals surface area contributed by atoms with Crippen molar-refractivity contribution in [3.63, 3.8) is 0 Å². The average molecular weight is 114 g/mol. The first-order valence-corrected chi connectivity index (χ1v) is 2.23. The van der Waals surface area contributed by atoms with Crippen LogP contribution in [0.1, 0.15) is 0 Å². The minimum Gasteiger partial charge on any atom is -0.464 e. The van der Waals surface area contributed by atoms with Gasteiger partial charge in [-0.2, -0.15) is 0 Å². The first-order valence-electron chi connectivity index (χ1n) is 2.23. The standard InChI is InChI=1S/C5H6O3/c1-7-5-4(6)2-3-8-5/h2-3,5H,1H3. The van der Waals surface area contributed by atoms with Crippen molar-refractivity contribution in [3.8, 4) is 0 Å². The van der Waals surface area contributed by atoms with Crippen molar-refractivity contribution in [2.45, 2.75) is 6.29 Å². The van der Waals surface area contributed by atoms with Gasteiger partial charge in [0.15, 0.2) is 0 Å². The highest BCUT2D eigenvalue weighted by atomic mass is 16.7. The molecule has 1 aliphatic heterocycles. The minimum absolute atomic E-state index is 0.132. The summed E-state index contributed by atoms with van der Waals surface area (Å²) in [5, 5.41) is 0. The second-order valence-electron chi connectivity index (χ2n) is 1.41. The van der Waals surface area contributed by atoms with E-state index in [0.29, 0.717) is 0 Å². The van der Waals surface area contributed by atoms with Crippen LogP contribution in [-0.4, -0.2) is 19.2 Å². The van der Waals surface area contributed by atoms with Crippen molar-refractivity contribution in [2.24, 2.45) is 0 Å². The van der Waals surface area contributed by atoms with Crippen molar-refractivity contribution in [1.82, 2.24) is 0 Å². The van der Waals surface area contributed by atoms with Gasteiger partial charge < -0.3 is 9.47 Å². The van der Waals surface area contributed by atoms with Crippen molar-refractivity contribution in [3.05, 3.63) is 12.3 Å². The Balaban J connectivity index is 2.51. The molecule has 0 spiro atoms. The van der Waals surface area contributed by atoms with Crippen LogP contribution in [-0.2, 0) is 14.3 Å². The molecule has 0 amide bonds. The third-order valence-electron chi connectivity index (χ3n) is 0.881. The maximum Gasteiger partial charge on any atom is 0.262 e. The zero-order valence-electron chi connectivity index (χ0n) is 4.46. The van der Waals surface area contributed by atoms with Gasteiger partial charge in [0.1, 0.15) is 0 Å². The predicted molar refractivity (Wildman–Crippen MR) is 26.0 cm³/mol. The number of hydrogen-bond acceptors (Lipinski definition) is 3. The Hall–Kier alpha value is -0.830. The molecule has 0 aliphatic carbocycles. The Morgan fingerprint density at radius 3 is 2.88 bits per heavy atom. The molecule has 0 aromatic carbocycles. The fourth-order valence-corrected chi connectivity index (χ4v) is 0.495. The minimum atomic E-state index is -0.685. The molecule has 0 radical (unpaired) electrons. The zero-order valence-corrected chi connectivity index (χ0v) is 4.46. The van der Waals surface area contributed by atoms with E-state index >= 15 is 0 Å². The molecule has 1 atom stereocenters. The first-order chi connectivity index (χ1) is 3.84. The van der Waals surface area contributed by atoms with Gasteiger partial charge in [0.25, 0.3) is 6.29 Å². The molecule has 44 valence electrons. The summed E-state index contributed by atoms with van der Waals surface area (Å²) in [6, 6.07) is 0. The highest BCUT2D eigenvalue weighted by molar-refractivity contribution is 5.93. The molecule has 0 N–H and O–H groups in total. The van der Waals surface area contributed by atoms with E-state index in [1.165, 1.54) is 19.4 Å². The maximum atomic E-state index is 10.5. The number of carbonyl (C=O) groups is 1. The van der Waals surface area contributed by atoms with Gasteiger partial charge in [-0.15, -0.1) is 0 Å². The largest absolute Gasteiger partial charge is 0.464 e. The molecule has 3 heteroatoms. The topological polar surface area (TPSA) is 35.5 Å². The molecule has 0 bridgehead atoms. The highest BCUT2D eigenvalue weighted by Gasteiger charge is 2.19. The molecule has 1 heterocycles. The second-order valence-corrected chi connectivity index (χ2v) is 1.41. The molecule has 1 rings (SSSR count). The quantitative estimate of drug-likeness (QED) is 0.484. The molecule has 0 saturated heterocycles. The molecular weight excluding hydrogens is 108 g/mol. The van der Waals surface area contributed by atoms with E-state index in [0.717, 1.165) is 0 Å². The number of hydrogen-bond donors (Lipinski definition) is 0. The fraction of sp³-hybridized carbons (Fsp3) is 0.400. The predicted octanol–water partition coefficient (Wildman–Crippen LogP) is 0.0719. The first kappa shape index (κ1) is 5.31. The summed E-state index contributed by atoms with van der Waals surface area (Å²) in [5.74, 6) is -0.132. The van der Waals surface area contributed by atoms with Crippen molar-refractivity contribution in [2.75, 3.05) is 7.11 Å². The van der Waals surface area contributed by atoms with Crippen LogP contribution >= 0.6 is 0 Å². The molecule has 1 aliphatic rings. The van der Waals surface area contributed by atoms with Crippen molar-refractivity contribution >= 4 is 5.78 Å². The van der Waals surface area contributed by atoms with Gasteiger partial charge in [0.05, 0.1) is 6.26 Å². The number of methoxy groups -OCH3 is 1. The summed E-state index contributed by atoms with van der Waals surface area (Å²) in [6.45, 7) is 0. The summed E-state index contributed by atoms with van der Waals surface area (Å²) in [6.07, 6.45) is 1.99. The number of ketones is 1. The van der Waals surface area contributed by atoms with E-state index in [4.69, 9.17) is 0 Å². The smallest absolute Gasteiger partial charge is 0.262 e. The van der Waals surface area contributed by atoms with Crippen LogP contribution in [0.4, 0.5) is 0 Å². The molecule has 3 nitrogen and oxygen atoms in total. The van der Waals surface area contributed by atoms with Crippen molar-refractivity contribution < 1.29 is 14.3 Å². The average Bonchev–Trinajstić information content (AvgIpc) is 2.14. The maximum absolute atomic E-state index is 10.5. The van der Waals surface area contributed by atoms with Crippen LogP contribution in [0, 0.1) is 0 Å². The van der Waals surface area contributed by atoms with E-state index in [1.807, 2.05) is 0 Å². The summed E-state index contributed by atoms with van der Waals surface area (Å²) in [5.41, 5.74) is 0. The summed E-state index contributed by atoms with van der Waals surface area (Å²) in [4.78, 5) is 10.5. The third kappa shape index (κ3) is 0.721. The Kier molecular flexibility index (Phi) is 1.30. The fourth-order valence-electron chi connectivity index (χ4n) is 0.495. The van der Waals surface area contributed by atoms with Gasteiger partial charge >= 0.3 is 0 Å². The van der Waals surface area contributed by atoms with E-state index in [-0.39, 0.29) is 5.78 Å². The summed E-state index contributed by atoms with van der Waals surface area (Å²) in [7, 11) is 1.43. The van der Waals surface area contributed by atoms with Crippen LogP contribution in [0.25, 0.3) is 0 Å². The molecule has 8 heavy (non-hydrogen) atoms. The summed E-state index contributed by atoms with van der Waals surface area (Å²) < 4.78 is 9.25. The van der Waals surface area contributed by atoms with Gasteiger partial charge in [0.2, 0.25) is 5.78 Å². The molecule has 0 saturated carbocycles. The SMILES string of the molecule is COC1OC=CC1=O. The second kappa shape index (κ2) is 1.96. The van der Waals surface area contributed by atoms with Crippen LogP contribution in [0.3, 0.4) is 0 Å². The van der Waals surface area contributed by atoms with Crippen molar-refractivity contribution in [1.29, 1.82) is 0 Å². The molecule has 1 unspecified atom stereocenters. The zero-order chi connectivity index (χ0) is 5.98. The molecular formula is C5H6O3. The lowest BCUT2D eigenvalue weighted by Gasteiger charge is -2.03. The van der Waals surface area contributed by atoms with Crippen LogP contribution in [0.5, 0.6) is 0 Å². The van der Waals surface area contributed by atoms with Gasteiger partial charge in [-0.1, -0.05) is 0 Å². The normalized spacial score (nSPS) is 26.1. The van der Waals surface area contributed by atoms with Crippen LogP contribution in [0.15, 0.2) is 12.3 Å². The van der Waals surface area contributed by atoms with Crippen LogP contribution in [0.2, 0.25) is 0 Å². The summed E-state index contributed by atoms with van der Waals surface area (Å²) >= 11 is 0. The van der Waals surface area contributed by atoms with E-state index in [1.54, 1.807) is 0 Å². The molecule has 0 aromatic rings. The lowest BCUT2D eigenvalue weighted by atomic mass is 10.4. The van der Waals surface area contributed by atoms with Crippen LogP contribution < -0.4 is 0 Å². The number of carbonyl (C=O) groups excluding carboxylic acids is 1. The van der Waals surface area contributed by atoms with E-state index in [9.17, 15) is 4.79 Å². The number of rotatable bonds is 1. The highest BCUT2D eigenvalue weighted by Crippen LogP contribution is 2.03.